The molecule has 2 aliphatic heterocycles. The smallest absolute Gasteiger partial charge is 0.225 e. The maximum absolute atomic E-state index is 12.8. The lowest BCUT2D eigenvalue weighted by Crippen LogP contribution is -2.47. The Hall–Kier alpha value is -1.40. The molecule has 2 fully saturated rings. The number of likely N-dealkylation sites (tertiary alicyclic amines) is 2. The zero-order chi connectivity index (χ0) is 18.0. The van der Waals surface area contributed by atoms with Crippen molar-refractivity contribution < 1.29 is 9.90 Å². The molecule has 1 atom stereocenters. The summed E-state index contributed by atoms with van der Waals surface area (Å²) in [6.07, 6.45) is 6.71. The molecular weight excluding hydrogens is 316 g/mol. The van der Waals surface area contributed by atoms with Gasteiger partial charge in [0.05, 0.1) is 0 Å². The van der Waals surface area contributed by atoms with Crippen molar-refractivity contribution in [1.29, 1.82) is 0 Å². The minimum atomic E-state index is -0.536. The fraction of sp³-hybridized carbons (Fsp3) is 0.789. The highest BCUT2D eigenvalue weighted by molar-refractivity contribution is 5.79. The van der Waals surface area contributed by atoms with Crippen LogP contribution < -0.4 is 0 Å². The van der Waals surface area contributed by atoms with Gasteiger partial charge >= 0.3 is 0 Å². The molecule has 0 spiro atoms. The second-order valence-corrected chi connectivity index (χ2v) is 7.91. The number of aryl methyl sites for hydroxylation is 1. The number of amides is 1. The zero-order valence-electron chi connectivity index (χ0n) is 15.8. The van der Waals surface area contributed by atoms with E-state index >= 15 is 0 Å². The molecule has 0 unspecified atom stereocenters. The second-order valence-electron chi connectivity index (χ2n) is 7.91. The van der Waals surface area contributed by atoms with Crippen molar-refractivity contribution in [3.63, 3.8) is 0 Å². The molecule has 3 heterocycles. The number of aliphatic hydroxyl groups is 1. The Balaban J connectivity index is 1.49. The number of aromatic nitrogens is 2. The first-order chi connectivity index (χ1) is 12.0. The van der Waals surface area contributed by atoms with Crippen LogP contribution >= 0.6 is 0 Å². The van der Waals surface area contributed by atoms with E-state index in [1.54, 1.807) is 6.20 Å². The van der Waals surface area contributed by atoms with Crippen molar-refractivity contribution in [2.24, 2.45) is 18.9 Å². The number of hydrogen-bond acceptors (Lipinski definition) is 4. The highest BCUT2D eigenvalue weighted by Gasteiger charge is 2.34. The van der Waals surface area contributed by atoms with E-state index in [9.17, 15) is 9.90 Å². The molecule has 0 bridgehead atoms. The number of carbonyl (C=O) groups is 1. The molecule has 0 saturated carbocycles. The number of piperidine rings is 2. The highest BCUT2D eigenvalue weighted by Crippen LogP contribution is 2.31. The van der Waals surface area contributed by atoms with E-state index in [0.717, 1.165) is 57.7 Å². The minimum Gasteiger partial charge on any atom is -0.385 e. The number of nitrogens with zero attached hydrogens (tertiary/aromatic N) is 4. The number of aliphatic hydroxyl groups excluding tert-OH is 1. The monoisotopic (exact) mass is 348 g/mol. The van der Waals surface area contributed by atoms with E-state index in [1.807, 2.05) is 22.7 Å². The summed E-state index contributed by atoms with van der Waals surface area (Å²) in [6, 6.07) is 0.569. The van der Waals surface area contributed by atoms with Crippen LogP contribution in [0.1, 0.15) is 51.5 Å². The average molecular weight is 348 g/mol. The van der Waals surface area contributed by atoms with Crippen LogP contribution in [0, 0.1) is 11.8 Å². The SMILES string of the molecule is CC(C)N1CCC(C(=O)N2CCC([C@H](O)c3nccn3C)CC2)CC1. The van der Waals surface area contributed by atoms with Crippen LogP contribution in [0.15, 0.2) is 12.4 Å². The standard InChI is InChI=1S/C19H32N4O2/c1-14(2)22-9-6-16(7-10-22)19(25)23-11-4-15(5-12-23)17(24)18-20-8-13-21(18)3/h8,13-17,24H,4-7,9-12H2,1-3H3/t17-/m0/s1. The molecule has 0 aromatic carbocycles. The van der Waals surface area contributed by atoms with Gasteiger partial charge in [-0.15, -0.1) is 0 Å². The minimum absolute atomic E-state index is 0.186. The lowest BCUT2D eigenvalue weighted by molar-refractivity contribution is -0.139. The van der Waals surface area contributed by atoms with Crippen LogP contribution in [0.25, 0.3) is 0 Å². The first-order valence-corrected chi connectivity index (χ1v) is 9.65. The van der Waals surface area contributed by atoms with Gasteiger partial charge < -0.3 is 19.5 Å². The van der Waals surface area contributed by atoms with Gasteiger partial charge in [-0.1, -0.05) is 0 Å². The van der Waals surface area contributed by atoms with Crippen molar-refractivity contribution in [2.45, 2.75) is 51.7 Å². The quantitative estimate of drug-likeness (QED) is 0.901. The molecule has 1 aromatic heterocycles. The summed E-state index contributed by atoms with van der Waals surface area (Å²) in [5.74, 6) is 1.43. The summed E-state index contributed by atoms with van der Waals surface area (Å²) in [5, 5.41) is 10.6. The molecule has 6 nitrogen and oxygen atoms in total. The van der Waals surface area contributed by atoms with Gasteiger partial charge in [-0.25, -0.2) is 4.98 Å². The fourth-order valence-electron chi connectivity index (χ4n) is 4.23. The maximum atomic E-state index is 12.8. The topological polar surface area (TPSA) is 61.6 Å². The van der Waals surface area contributed by atoms with Crippen LogP contribution in [-0.2, 0) is 11.8 Å². The summed E-state index contributed by atoms with van der Waals surface area (Å²) in [5.41, 5.74) is 0. The Labute approximate surface area is 150 Å². The summed E-state index contributed by atoms with van der Waals surface area (Å²) in [4.78, 5) is 21.6. The van der Waals surface area contributed by atoms with Gasteiger partial charge in [0.1, 0.15) is 11.9 Å². The lowest BCUT2D eigenvalue weighted by Gasteiger charge is -2.39. The van der Waals surface area contributed by atoms with Crippen LogP contribution in [0.3, 0.4) is 0 Å². The zero-order valence-corrected chi connectivity index (χ0v) is 15.8. The number of carbonyl (C=O) groups excluding carboxylic acids is 1. The summed E-state index contributed by atoms with van der Waals surface area (Å²) < 4.78 is 1.88. The number of imidazole rings is 1. The molecule has 3 rings (SSSR count). The molecule has 25 heavy (non-hydrogen) atoms. The number of rotatable bonds is 4. The molecule has 0 aliphatic carbocycles. The van der Waals surface area contributed by atoms with E-state index in [4.69, 9.17) is 0 Å². The van der Waals surface area contributed by atoms with Crippen LogP contribution in [0.2, 0.25) is 0 Å². The Morgan fingerprint density at radius 3 is 2.32 bits per heavy atom. The largest absolute Gasteiger partial charge is 0.385 e. The average Bonchev–Trinajstić information content (AvgIpc) is 3.06. The Bertz CT molecular complexity index is 570. The van der Waals surface area contributed by atoms with Gasteiger partial charge in [0.25, 0.3) is 0 Å². The third kappa shape index (κ3) is 4.06. The predicted molar refractivity (Wildman–Crippen MR) is 96.9 cm³/mol. The van der Waals surface area contributed by atoms with E-state index in [1.165, 1.54) is 0 Å². The summed E-state index contributed by atoms with van der Waals surface area (Å²) >= 11 is 0. The molecule has 1 N–H and O–H groups in total. The van der Waals surface area contributed by atoms with Crippen molar-refractivity contribution in [3.05, 3.63) is 18.2 Å². The van der Waals surface area contributed by atoms with E-state index in [0.29, 0.717) is 11.9 Å². The first kappa shape index (κ1) is 18.4. The van der Waals surface area contributed by atoms with Crippen LogP contribution in [-0.4, -0.2) is 62.6 Å². The van der Waals surface area contributed by atoms with Crippen molar-refractivity contribution in [2.75, 3.05) is 26.2 Å². The van der Waals surface area contributed by atoms with Crippen LogP contribution in [0.5, 0.6) is 0 Å². The van der Waals surface area contributed by atoms with Gasteiger partial charge in [0, 0.05) is 44.5 Å². The summed E-state index contributed by atoms with van der Waals surface area (Å²) in [7, 11) is 1.91. The summed E-state index contributed by atoms with van der Waals surface area (Å²) in [6.45, 7) is 8.02. The second kappa shape index (κ2) is 7.87. The van der Waals surface area contributed by atoms with Gasteiger partial charge in [0.2, 0.25) is 5.91 Å². The van der Waals surface area contributed by atoms with Gasteiger partial charge in [-0.3, -0.25) is 4.79 Å². The van der Waals surface area contributed by atoms with Crippen molar-refractivity contribution >= 4 is 5.91 Å². The third-order valence-electron chi connectivity index (χ3n) is 6.03. The molecule has 1 amide bonds. The third-order valence-corrected chi connectivity index (χ3v) is 6.03. The van der Waals surface area contributed by atoms with E-state index in [-0.39, 0.29) is 11.8 Å². The first-order valence-electron chi connectivity index (χ1n) is 9.65. The van der Waals surface area contributed by atoms with E-state index in [2.05, 4.69) is 23.7 Å². The van der Waals surface area contributed by atoms with Crippen molar-refractivity contribution in [1.82, 2.24) is 19.4 Å². The van der Waals surface area contributed by atoms with E-state index < -0.39 is 6.10 Å². The predicted octanol–water partition coefficient (Wildman–Crippen LogP) is 1.81. The molecule has 1 aromatic rings. The molecule has 6 heteroatoms. The Kier molecular flexibility index (Phi) is 5.79. The van der Waals surface area contributed by atoms with Gasteiger partial charge in [-0.05, 0) is 58.5 Å². The Morgan fingerprint density at radius 1 is 1.16 bits per heavy atom. The molecule has 2 aliphatic rings. The fourth-order valence-corrected chi connectivity index (χ4v) is 4.23. The maximum Gasteiger partial charge on any atom is 0.225 e. The number of hydrogen-bond donors (Lipinski definition) is 1. The molecule has 2 saturated heterocycles. The lowest BCUT2D eigenvalue weighted by atomic mass is 9.88. The molecule has 0 radical (unpaired) electrons. The van der Waals surface area contributed by atoms with Gasteiger partial charge in [0.15, 0.2) is 0 Å². The van der Waals surface area contributed by atoms with Crippen LogP contribution in [0.4, 0.5) is 0 Å². The highest BCUT2D eigenvalue weighted by atomic mass is 16.3. The Morgan fingerprint density at radius 2 is 1.80 bits per heavy atom. The molecular formula is C19H32N4O2. The van der Waals surface area contributed by atoms with Gasteiger partial charge in [-0.2, -0.15) is 0 Å². The molecule has 140 valence electrons. The normalized spacial score (nSPS) is 22.5. The van der Waals surface area contributed by atoms with Crippen molar-refractivity contribution in [3.8, 4) is 0 Å².